The lowest BCUT2D eigenvalue weighted by atomic mass is 10.2. The van der Waals surface area contributed by atoms with E-state index in [0.717, 1.165) is 50.2 Å². The van der Waals surface area contributed by atoms with Gasteiger partial charge in [-0.3, -0.25) is 10.00 Å². The highest BCUT2D eigenvalue weighted by Crippen LogP contribution is 2.29. The van der Waals surface area contributed by atoms with Crippen molar-refractivity contribution in [2.24, 2.45) is 5.92 Å². The average Bonchev–Trinajstić information content (AvgIpc) is 3.12. The molecular formula is C16H24N6O. The van der Waals surface area contributed by atoms with Crippen LogP contribution in [0.15, 0.2) is 12.4 Å². The molecule has 1 aliphatic carbocycles. The van der Waals surface area contributed by atoms with Crippen LogP contribution in [0, 0.1) is 5.92 Å². The van der Waals surface area contributed by atoms with E-state index in [4.69, 9.17) is 4.74 Å². The van der Waals surface area contributed by atoms with E-state index in [0.29, 0.717) is 12.6 Å². The van der Waals surface area contributed by atoms with E-state index in [1.54, 1.807) is 0 Å². The largest absolute Gasteiger partial charge is 0.373 e. The van der Waals surface area contributed by atoms with Crippen LogP contribution >= 0.6 is 0 Å². The molecule has 0 radical (unpaired) electrons. The molecule has 7 nitrogen and oxygen atoms in total. The van der Waals surface area contributed by atoms with Crippen LogP contribution < -0.4 is 0 Å². The van der Waals surface area contributed by atoms with Gasteiger partial charge in [0.05, 0.1) is 6.20 Å². The second-order valence-corrected chi connectivity index (χ2v) is 6.77. The minimum atomic E-state index is 0.440. The van der Waals surface area contributed by atoms with Gasteiger partial charge >= 0.3 is 0 Å². The third-order valence-electron chi connectivity index (χ3n) is 4.84. The number of hydrogen-bond donors (Lipinski definition) is 1. The Morgan fingerprint density at radius 1 is 1.30 bits per heavy atom. The minimum Gasteiger partial charge on any atom is -0.373 e. The maximum Gasteiger partial charge on any atom is 0.159 e. The normalized spacial score (nSPS) is 22.0. The Hall–Kier alpha value is -1.73. The smallest absolute Gasteiger partial charge is 0.159 e. The average molecular weight is 316 g/mol. The quantitative estimate of drug-likeness (QED) is 0.871. The molecule has 1 atom stereocenters. The maximum atomic E-state index is 5.80. The summed E-state index contributed by atoms with van der Waals surface area (Å²) >= 11 is 0. The molecule has 0 aromatic carbocycles. The summed E-state index contributed by atoms with van der Waals surface area (Å²) in [5, 5.41) is 15.7. The van der Waals surface area contributed by atoms with Crippen LogP contribution in [0.4, 0.5) is 0 Å². The van der Waals surface area contributed by atoms with E-state index >= 15 is 0 Å². The van der Waals surface area contributed by atoms with Gasteiger partial charge in [0.1, 0.15) is 12.4 Å². The number of aromatic amines is 1. The third kappa shape index (κ3) is 3.45. The van der Waals surface area contributed by atoms with Gasteiger partial charge in [-0.1, -0.05) is 0 Å². The van der Waals surface area contributed by atoms with Gasteiger partial charge in [-0.15, -0.1) is 10.2 Å². The maximum absolute atomic E-state index is 5.80. The van der Waals surface area contributed by atoms with Crippen LogP contribution in [0.2, 0.25) is 0 Å². The summed E-state index contributed by atoms with van der Waals surface area (Å²) in [6.45, 7) is 6.54. The summed E-state index contributed by atoms with van der Waals surface area (Å²) in [5.74, 6) is 2.84. The van der Waals surface area contributed by atoms with E-state index in [2.05, 4.69) is 36.8 Å². The lowest BCUT2D eigenvalue weighted by Crippen LogP contribution is -2.34. The zero-order valence-corrected chi connectivity index (χ0v) is 13.6. The van der Waals surface area contributed by atoms with Crippen molar-refractivity contribution in [1.82, 2.24) is 29.9 Å². The van der Waals surface area contributed by atoms with Gasteiger partial charge in [-0.2, -0.15) is 5.10 Å². The fraction of sp³-hybridized carbons (Fsp3) is 0.688. The van der Waals surface area contributed by atoms with Gasteiger partial charge in [-0.05, 0) is 25.7 Å². The molecule has 3 heterocycles. The Kier molecular flexibility index (Phi) is 4.13. The van der Waals surface area contributed by atoms with E-state index in [1.807, 2.05) is 12.4 Å². The topological polar surface area (TPSA) is 71.9 Å². The Bertz CT molecular complexity index is 633. The summed E-state index contributed by atoms with van der Waals surface area (Å²) in [4.78, 5) is 2.48. The van der Waals surface area contributed by atoms with Crippen molar-refractivity contribution in [3.05, 3.63) is 29.6 Å². The number of nitrogens with zero attached hydrogens (tertiary/aromatic N) is 5. The highest BCUT2D eigenvalue weighted by Gasteiger charge is 2.25. The highest BCUT2D eigenvalue weighted by atomic mass is 16.5. The fourth-order valence-electron chi connectivity index (χ4n) is 3.17. The van der Waals surface area contributed by atoms with Gasteiger partial charge in [0.15, 0.2) is 5.82 Å². The number of hydrogen-bond acceptors (Lipinski definition) is 5. The molecule has 4 rings (SSSR count). The van der Waals surface area contributed by atoms with E-state index in [-0.39, 0.29) is 0 Å². The van der Waals surface area contributed by atoms with Gasteiger partial charge in [0.2, 0.25) is 0 Å². The monoisotopic (exact) mass is 316 g/mol. The lowest BCUT2D eigenvalue weighted by molar-refractivity contribution is 0.103. The van der Waals surface area contributed by atoms with Crippen LogP contribution in [0.3, 0.4) is 0 Å². The minimum absolute atomic E-state index is 0.440. The number of nitrogens with one attached hydrogen (secondary N) is 1. The number of rotatable bonds is 6. The second-order valence-electron chi connectivity index (χ2n) is 6.77. The number of ether oxygens (including phenoxy) is 1. The predicted octanol–water partition coefficient (Wildman–Crippen LogP) is 1.37. The Balaban J connectivity index is 1.40. The number of fused-ring (bicyclic) bond motifs is 1. The van der Waals surface area contributed by atoms with Crippen molar-refractivity contribution < 1.29 is 4.74 Å². The molecule has 0 bridgehead atoms. The highest BCUT2D eigenvalue weighted by molar-refractivity contribution is 5.05. The SMILES string of the molecule is CC1Cc2nnc(COCC3CC3)n2CCN1Cc1cn[nH]c1. The number of H-pyrrole nitrogens is 1. The first-order chi connectivity index (χ1) is 11.3. The molecule has 1 fully saturated rings. The summed E-state index contributed by atoms with van der Waals surface area (Å²) in [6, 6.07) is 0.440. The summed E-state index contributed by atoms with van der Waals surface area (Å²) < 4.78 is 8.05. The van der Waals surface area contributed by atoms with Crippen molar-refractivity contribution in [1.29, 1.82) is 0 Å². The standard InChI is InChI=1S/C16H24N6O/c1-12-6-15-19-20-16(11-23-10-13-2-3-13)22(15)5-4-21(12)9-14-7-17-18-8-14/h7-8,12-13H,2-6,9-11H2,1H3,(H,17,18). The first-order valence-electron chi connectivity index (χ1n) is 8.50. The molecule has 0 saturated heterocycles. The molecule has 2 aromatic rings. The molecule has 124 valence electrons. The third-order valence-corrected chi connectivity index (χ3v) is 4.84. The molecular weight excluding hydrogens is 292 g/mol. The first-order valence-corrected chi connectivity index (χ1v) is 8.50. The summed E-state index contributed by atoms with van der Waals surface area (Å²) in [5.41, 5.74) is 1.22. The molecule has 23 heavy (non-hydrogen) atoms. The van der Waals surface area contributed by atoms with Crippen LogP contribution in [0.1, 0.15) is 37.0 Å². The van der Waals surface area contributed by atoms with Gasteiger partial charge in [0, 0.05) is 50.5 Å². The van der Waals surface area contributed by atoms with Crippen molar-refractivity contribution in [2.45, 2.75) is 51.9 Å². The van der Waals surface area contributed by atoms with Gasteiger partial charge in [0.25, 0.3) is 0 Å². The molecule has 0 amide bonds. The Labute approximate surface area is 136 Å². The van der Waals surface area contributed by atoms with Crippen molar-refractivity contribution >= 4 is 0 Å². The van der Waals surface area contributed by atoms with Crippen molar-refractivity contribution in [2.75, 3.05) is 13.2 Å². The van der Waals surface area contributed by atoms with Gasteiger partial charge in [-0.25, -0.2) is 0 Å². The second kappa shape index (κ2) is 6.41. The summed E-state index contributed by atoms with van der Waals surface area (Å²) in [6.07, 6.45) is 7.42. The van der Waals surface area contributed by atoms with Crippen LogP contribution in [-0.2, 0) is 30.9 Å². The van der Waals surface area contributed by atoms with Gasteiger partial charge < -0.3 is 9.30 Å². The number of aromatic nitrogens is 5. The molecule has 0 spiro atoms. The van der Waals surface area contributed by atoms with Crippen molar-refractivity contribution in [3.8, 4) is 0 Å². The van der Waals surface area contributed by atoms with Crippen molar-refractivity contribution in [3.63, 3.8) is 0 Å². The molecule has 1 aliphatic heterocycles. The zero-order chi connectivity index (χ0) is 15.6. The Morgan fingerprint density at radius 2 is 2.22 bits per heavy atom. The predicted molar refractivity (Wildman–Crippen MR) is 84.6 cm³/mol. The summed E-state index contributed by atoms with van der Waals surface area (Å²) in [7, 11) is 0. The lowest BCUT2D eigenvalue weighted by Gasteiger charge is -2.25. The van der Waals surface area contributed by atoms with Crippen LogP contribution in [-0.4, -0.2) is 49.1 Å². The Morgan fingerprint density at radius 3 is 3.00 bits per heavy atom. The van der Waals surface area contributed by atoms with E-state index < -0.39 is 0 Å². The van der Waals surface area contributed by atoms with Crippen LogP contribution in [0.5, 0.6) is 0 Å². The molecule has 7 heteroatoms. The fourth-order valence-corrected chi connectivity index (χ4v) is 3.17. The molecule has 1 unspecified atom stereocenters. The van der Waals surface area contributed by atoms with Crippen LogP contribution in [0.25, 0.3) is 0 Å². The molecule has 1 saturated carbocycles. The molecule has 1 N–H and O–H groups in total. The molecule has 2 aromatic heterocycles. The molecule has 2 aliphatic rings. The van der Waals surface area contributed by atoms with E-state index in [1.165, 1.54) is 18.4 Å². The van der Waals surface area contributed by atoms with E-state index in [9.17, 15) is 0 Å². The zero-order valence-electron chi connectivity index (χ0n) is 13.6. The first kappa shape index (κ1) is 14.8.